The van der Waals surface area contributed by atoms with Crippen LogP contribution in [0.2, 0.25) is 0 Å². The van der Waals surface area contributed by atoms with Crippen LogP contribution >= 0.6 is 0 Å². The number of hydrogen-bond acceptors (Lipinski definition) is 4. The van der Waals surface area contributed by atoms with Crippen molar-refractivity contribution in [1.82, 2.24) is 10.6 Å². The van der Waals surface area contributed by atoms with Gasteiger partial charge in [-0.3, -0.25) is 14.9 Å². The predicted molar refractivity (Wildman–Crippen MR) is 85.2 cm³/mol. The highest BCUT2D eigenvalue weighted by molar-refractivity contribution is 5.95. The Labute approximate surface area is 134 Å². The molecule has 1 saturated carbocycles. The van der Waals surface area contributed by atoms with E-state index in [1.54, 1.807) is 24.3 Å². The first kappa shape index (κ1) is 16.8. The maximum Gasteiger partial charge on any atom is 0.321 e. The van der Waals surface area contributed by atoms with Crippen LogP contribution in [0.4, 0.5) is 10.5 Å². The van der Waals surface area contributed by atoms with Gasteiger partial charge < -0.3 is 15.4 Å². The van der Waals surface area contributed by atoms with Crippen molar-refractivity contribution in [3.63, 3.8) is 0 Å². The van der Waals surface area contributed by atoms with Crippen LogP contribution in [0, 0.1) is 0 Å². The number of amides is 4. The first-order valence-corrected chi connectivity index (χ1v) is 7.64. The number of nitrogens with one attached hydrogen (secondary N) is 3. The second-order valence-corrected chi connectivity index (χ2v) is 5.50. The summed E-state index contributed by atoms with van der Waals surface area (Å²) in [5, 5.41) is 7.64. The molecule has 1 fully saturated rings. The van der Waals surface area contributed by atoms with Gasteiger partial charge >= 0.3 is 6.03 Å². The van der Waals surface area contributed by atoms with Crippen LogP contribution in [0.25, 0.3) is 0 Å². The van der Waals surface area contributed by atoms with E-state index in [1.807, 2.05) is 0 Å². The minimum Gasteiger partial charge on any atom is -0.484 e. The molecule has 23 heavy (non-hydrogen) atoms. The van der Waals surface area contributed by atoms with Gasteiger partial charge in [-0.15, -0.1) is 0 Å². The molecule has 0 aliphatic heterocycles. The number of anilines is 1. The third-order valence-electron chi connectivity index (χ3n) is 3.49. The Kier molecular flexibility index (Phi) is 5.96. The fraction of sp³-hybridized carbons (Fsp3) is 0.438. The molecule has 0 radical (unpaired) electrons. The Morgan fingerprint density at radius 3 is 2.39 bits per heavy atom. The lowest BCUT2D eigenvalue weighted by atomic mass is 10.2. The highest BCUT2D eigenvalue weighted by atomic mass is 16.5. The molecule has 0 spiro atoms. The Morgan fingerprint density at radius 1 is 1.13 bits per heavy atom. The van der Waals surface area contributed by atoms with Crippen molar-refractivity contribution in [2.24, 2.45) is 0 Å². The van der Waals surface area contributed by atoms with E-state index < -0.39 is 11.9 Å². The number of carbonyl (C=O) groups excluding carboxylic acids is 3. The van der Waals surface area contributed by atoms with E-state index in [9.17, 15) is 14.4 Å². The van der Waals surface area contributed by atoms with Gasteiger partial charge in [0.2, 0.25) is 5.91 Å². The van der Waals surface area contributed by atoms with Crippen molar-refractivity contribution in [3.8, 4) is 5.75 Å². The van der Waals surface area contributed by atoms with Crippen molar-refractivity contribution < 1.29 is 19.1 Å². The number of carbonyl (C=O) groups is 3. The monoisotopic (exact) mass is 319 g/mol. The van der Waals surface area contributed by atoms with Crippen molar-refractivity contribution in [2.75, 3.05) is 11.9 Å². The van der Waals surface area contributed by atoms with E-state index in [2.05, 4.69) is 16.0 Å². The maximum atomic E-state index is 11.7. The molecule has 3 N–H and O–H groups in total. The molecule has 7 heteroatoms. The van der Waals surface area contributed by atoms with E-state index >= 15 is 0 Å². The normalized spacial score (nSPS) is 14.1. The molecule has 1 aromatic carbocycles. The lowest BCUT2D eigenvalue weighted by molar-refractivity contribution is -0.122. The molecule has 4 amide bonds. The number of urea groups is 1. The number of rotatable bonds is 5. The first-order valence-electron chi connectivity index (χ1n) is 7.64. The van der Waals surface area contributed by atoms with E-state index in [-0.39, 0.29) is 18.6 Å². The van der Waals surface area contributed by atoms with Crippen LogP contribution in [-0.4, -0.2) is 30.5 Å². The largest absolute Gasteiger partial charge is 0.484 e. The zero-order valence-electron chi connectivity index (χ0n) is 13.1. The van der Waals surface area contributed by atoms with Crippen molar-refractivity contribution >= 4 is 23.5 Å². The summed E-state index contributed by atoms with van der Waals surface area (Å²) in [6.45, 7) is 1.17. The molecule has 0 atom stereocenters. The molecule has 1 aliphatic rings. The Morgan fingerprint density at radius 2 is 1.78 bits per heavy atom. The quantitative estimate of drug-likeness (QED) is 0.771. The van der Waals surface area contributed by atoms with Gasteiger partial charge in [0, 0.05) is 18.7 Å². The van der Waals surface area contributed by atoms with Crippen LogP contribution in [0.5, 0.6) is 5.75 Å². The second kappa shape index (κ2) is 8.17. The molecule has 1 aromatic rings. The zero-order chi connectivity index (χ0) is 16.7. The Bertz CT molecular complexity index is 565. The minimum atomic E-state index is -0.508. The molecule has 7 nitrogen and oxygen atoms in total. The number of ether oxygens (including phenoxy) is 1. The van der Waals surface area contributed by atoms with Crippen molar-refractivity contribution in [2.45, 2.75) is 38.6 Å². The average molecular weight is 319 g/mol. The average Bonchev–Trinajstić information content (AvgIpc) is 2.98. The van der Waals surface area contributed by atoms with Crippen LogP contribution in [0.1, 0.15) is 32.6 Å². The van der Waals surface area contributed by atoms with Crippen LogP contribution in [0.3, 0.4) is 0 Å². The van der Waals surface area contributed by atoms with E-state index in [1.165, 1.54) is 6.92 Å². The van der Waals surface area contributed by atoms with Gasteiger partial charge in [0.15, 0.2) is 6.61 Å². The molecular weight excluding hydrogens is 298 g/mol. The Hall–Kier alpha value is -2.57. The van der Waals surface area contributed by atoms with Gasteiger partial charge in [0.25, 0.3) is 5.91 Å². The maximum absolute atomic E-state index is 11.7. The molecule has 1 aliphatic carbocycles. The summed E-state index contributed by atoms with van der Waals surface area (Å²) in [5.74, 6) is -0.191. The fourth-order valence-electron chi connectivity index (χ4n) is 2.44. The molecule has 0 aromatic heterocycles. The summed E-state index contributed by atoms with van der Waals surface area (Å²) in [5.41, 5.74) is 0.644. The van der Waals surface area contributed by atoms with E-state index in [0.29, 0.717) is 11.4 Å². The van der Waals surface area contributed by atoms with Crippen LogP contribution in [-0.2, 0) is 9.59 Å². The lowest BCUT2D eigenvalue weighted by Gasteiger charge is -2.12. The highest BCUT2D eigenvalue weighted by Crippen LogP contribution is 2.17. The van der Waals surface area contributed by atoms with E-state index in [0.717, 1.165) is 25.7 Å². The zero-order valence-corrected chi connectivity index (χ0v) is 13.1. The third kappa shape index (κ3) is 5.98. The molecule has 124 valence electrons. The smallest absolute Gasteiger partial charge is 0.321 e. The number of benzene rings is 1. The van der Waals surface area contributed by atoms with Gasteiger partial charge in [-0.2, -0.15) is 0 Å². The standard InChI is InChI=1S/C16H21N3O4/c1-11(20)17-13-6-8-14(9-7-13)23-10-15(21)19-16(22)18-12-4-2-3-5-12/h6-9,12H,2-5,10H2,1H3,(H,17,20)(H2,18,19,21,22). The molecule has 0 bridgehead atoms. The van der Waals surface area contributed by atoms with Crippen molar-refractivity contribution in [1.29, 1.82) is 0 Å². The summed E-state index contributed by atoms with van der Waals surface area (Å²) in [6.07, 6.45) is 4.13. The molecule has 0 unspecified atom stereocenters. The number of hydrogen-bond donors (Lipinski definition) is 3. The summed E-state index contributed by atoms with van der Waals surface area (Å²) >= 11 is 0. The first-order chi connectivity index (χ1) is 11.0. The molecule has 0 saturated heterocycles. The number of imide groups is 1. The lowest BCUT2D eigenvalue weighted by Crippen LogP contribution is -2.45. The summed E-state index contributed by atoms with van der Waals surface area (Å²) in [7, 11) is 0. The molecule has 0 heterocycles. The van der Waals surface area contributed by atoms with Gasteiger partial charge in [-0.25, -0.2) is 4.79 Å². The molecule has 2 rings (SSSR count). The molecular formula is C16H21N3O4. The van der Waals surface area contributed by atoms with E-state index in [4.69, 9.17) is 4.74 Å². The van der Waals surface area contributed by atoms with Crippen molar-refractivity contribution in [3.05, 3.63) is 24.3 Å². The predicted octanol–water partition coefficient (Wildman–Crippen LogP) is 1.79. The van der Waals surface area contributed by atoms with Crippen LogP contribution in [0.15, 0.2) is 24.3 Å². The van der Waals surface area contributed by atoms with Gasteiger partial charge in [0.05, 0.1) is 0 Å². The summed E-state index contributed by atoms with van der Waals surface area (Å²) in [6, 6.07) is 6.29. The summed E-state index contributed by atoms with van der Waals surface area (Å²) < 4.78 is 5.29. The SMILES string of the molecule is CC(=O)Nc1ccc(OCC(=O)NC(=O)NC2CCCC2)cc1. The Balaban J connectivity index is 1.70. The van der Waals surface area contributed by atoms with Crippen LogP contribution < -0.4 is 20.7 Å². The topological polar surface area (TPSA) is 96.5 Å². The third-order valence-corrected chi connectivity index (χ3v) is 3.49. The highest BCUT2D eigenvalue weighted by Gasteiger charge is 2.18. The van der Waals surface area contributed by atoms with Gasteiger partial charge in [0.1, 0.15) is 5.75 Å². The fourth-order valence-corrected chi connectivity index (χ4v) is 2.44. The summed E-state index contributed by atoms with van der Waals surface area (Å²) in [4.78, 5) is 34.2. The second-order valence-electron chi connectivity index (χ2n) is 5.50. The minimum absolute atomic E-state index is 0.157. The van der Waals surface area contributed by atoms with Gasteiger partial charge in [-0.1, -0.05) is 12.8 Å². The van der Waals surface area contributed by atoms with Gasteiger partial charge in [-0.05, 0) is 37.1 Å².